The normalized spacial score (nSPS) is 13.5. The number of ether oxygens (including phenoxy) is 1. The number of hydrogen-bond acceptors (Lipinski definition) is 2. The van der Waals surface area contributed by atoms with Crippen molar-refractivity contribution in [3.05, 3.63) is 0 Å². The third kappa shape index (κ3) is 26.2. The van der Waals surface area contributed by atoms with E-state index in [1.54, 1.807) is 0 Å². The summed E-state index contributed by atoms with van der Waals surface area (Å²) in [4.78, 5) is 0. The molecule has 0 saturated carbocycles. The zero-order valence-electron chi connectivity index (χ0n) is 22.7. The predicted molar refractivity (Wildman–Crippen MR) is 143 cm³/mol. The minimum atomic E-state index is -0.920. The average Bonchev–Trinajstić information content (AvgIpc) is 2.77. The largest absolute Gasteiger partial charge is 0.366 e. The van der Waals surface area contributed by atoms with E-state index in [9.17, 15) is 5.11 Å². The molecule has 1 unspecified atom stereocenters. The van der Waals surface area contributed by atoms with Crippen molar-refractivity contribution in [2.45, 2.75) is 187 Å². The van der Waals surface area contributed by atoms with Crippen molar-refractivity contribution in [3.63, 3.8) is 0 Å². The molecule has 2 heteroatoms. The molecule has 0 spiro atoms. The molecule has 0 heterocycles. The van der Waals surface area contributed by atoms with Crippen LogP contribution in [0.5, 0.6) is 0 Å². The minimum Gasteiger partial charge on any atom is -0.366 e. The highest BCUT2D eigenvalue weighted by Gasteiger charge is 2.19. The Morgan fingerprint density at radius 3 is 1.06 bits per heavy atom. The quantitative estimate of drug-likeness (QED) is 0.0987. The van der Waals surface area contributed by atoms with Crippen LogP contribution in [0.1, 0.15) is 181 Å². The van der Waals surface area contributed by atoms with Crippen LogP contribution >= 0.6 is 0 Å². The van der Waals surface area contributed by atoms with Crippen molar-refractivity contribution in [1.29, 1.82) is 0 Å². The van der Waals surface area contributed by atoms with E-state index in [0.29, 0.717) is 6.61 Å². The van der Waals surface area contributed by atoms with E-state index in [0.717, 1.165) is 19.3 Å². The molecule has 0 aromatic rings. The molecule has 0 rings (SSSR count). The van der Waals surface area contributed by atoms with Gasteiger partial charge in [-0.2, -0.15) is 0 Å². The summed E-state index contributed by atoms with van der Waals surface area (Å²) in [7, 11) is 0. The van der Waals surface area contributed by atoms with Gasteiger partial charge in [-0.3, -0.25) is 0 Å². The fourth-order valence-corrected chi connectivity index (χ4v) is 4.60. The second kappa shape index (κ2) is 25.5. The van der Waals surface area contributed by atoms with Crippen molar-refractivity contribution >= 4 is 0 Å². The van der Waals surface area contributed by atoms with E-state index in [1.807, 2.05) is 6.92 Å². The molecule has 0 fully saturated rings. The topological polar surface area (TPSA) is 29.5 Å². The van der Waals surface area contributed by atoms with E-state index in [-0.39, 0.29) is 0 Å². The molecular weight excluding hydrogens is 392 g/mol. The fraction of sp³-hybridized carbons (Fsp3) is 1.00. The Hall–Kier alpha value is -0.0800. The number of hydrogen-bond donors (Lipinski definition) is 1. The van der Waals surface area contributed by atoms with E-state index >= 15 is 0 Å². The van der Waals surface area contributed by atoms with Gasteiger partial charge in [-0.25, -0.2) is 0 Å². The third-order valence-electron chi connectivity index (χ3n) is 6.91. The van der Waals surface area contributed by atoms with E-state index in [1.165, 1.54) is 141 Å². The van der Waals surface area contributed by atoms with Gasteiger partial charge in [0.1, 0.15) is 0 Å². The van der Waals surface area contributed by atoms with Crippen molar-refractivity contribution in [1.82, 2.24) is 0 Å². The van der Waals surface area contributed by atoms with Crippen LogP contribution in [0.15, 0.2) is 0 Å². The first-order chi connectivity index (χ1) is 15.6. The Morgan fingerprint density at radius 1 is 0.438 bits per heavy atom. The molecule has 0 aromatic carbocycles. The van der Waals surface area contributed by atoms with E-state index < -0.39 is 5.79 Å². The van der Waals surface area contributed by atoms with Gasteiger partial charge in [-0.15, -0.1) is 0 Å². The van der Waals surface area contributed by atoms with Crippen LogP contribution in [0.25, 0.3) is 0 Å². The lowest BCUT2D eigenvalue weighted by Crippen LogP contribution is -2.28. The molecule has 0 aliphatic carbocycles. The number of rotatable bonds is 27. The van der Waals surface area contributed by atoms with Gasteiger partial charge in [0.15, 0.2) is 5.79 Å². The van der Waals surface area contributed by atoms with Gasteiger partial charge >= 0.3 is 0 Å². The van der Waals surface area contributed by atoms with Gasteiger partial charge in [0.05, 0.1) is 0 Å². The highest BCUT2D eigenvalue weighted by molar-refractivity contribution is 4.61. The molecule has 194 valence electrons. The molecule has 0 radical (unpaired) electrons. The summed E-state index contributed by atoms with van der Waals surface area (Å²) >= 11 is 0. The SMILES string of the molecule is CCCCCCCCCCCCCCOC(C)(O)CCCCCCCCCCCCCC. The Labute approximate surface area is 203 Å². The van der Waals surface area contributed by atoms with Crippen LogP contribution in [0, 0.1) is 0 Å². The molecule has 0 aliphatic rings. The second-order valence-electron chi connectivity index (χ2n) is 10.6. The maximum atomic E-state index is 10.4. The highest BCUT2D eigenvalue weighted by Crippen LogP contribution is 2.19. The molecule has 0 aromatic heterocycles. The zero-order valence-corrected chi connectivity index (χ0v) is 22.7. The summed E-state index contributed by atoms with van der Waals surface area (Å²) in [6.07, 6.45) is 33.3. The Kier molecular flexibility index (Phi) is 25.5. The van der Waals surface area contributed by atoms with Crippen LogP contribution in [0.2, 0.25) is 0 Å². The third-order valence-corrected chi connectivity index (χ3v) is 6.91. The van der Waals surface area contributed by atoms with Gasteiger partial charge < -0.3 is 9.84 Å². The molecule has 0 bridgehead atoms. The summed E-state index contributed by atoms with van der Waals surface area (Å²) in [6, 6.07) is 0. The first kappa shape index (κ1) is 31.9. The van der Waals surface area contributed by atoms with E-state index in [4.69, 9.17) is 4.74 Å². The highest BCUT2D eigenvalue weighted by atomic mass is 16.6. The smallest absolute Gasteiger partial charge is 0.162 e. The lowest BCUT2D eigenvalue weighted by Gasteiger charge is -2.23. The van der Waals surface area contributed by atoms with Gasteiger partial charge in [0.2, 0.25) is 0 Å². The molecule has 0 aliphatic heterocycles. The van der Waals surface area contributed by atoms with Crippen LogP contribution in [0.3, 0.4) is 0 Å². The first-order valence-corrected chi connectivity index (χ1v) is 15.0. The van der Waals surface area contributed by atoms with Crippen molar-refractivity contribution < 1.29 is 9.84 Å². The molecule has 0 saturated heterocycles. The average molecular weight is 455 g/mol. The lowest BCUT2D eigenvalue weighted by molar-refractivity contribution is -0.195. The summed E-state index contributed by atoms with van der Waals surface area (Å²) in [5, 5.41) is 10.4. The van der Waals surface area contributed by atoms with Crippen LogP contribution in [0.4, 0.5) is 0 Å². The predicted octanol–water partition coefficient (Wildman–Crippen LogP) is 10.5. The van der Waals surface area contributed by atoms with Crippen molar-refractivity contribution in [2.24, 2.45) is 0 Å². The number of unbranched alkanes of at least 4 members (excludes halogenated alkanes) is 22. The van der Waals surface area contributed by atoms with Crippen molar-refractivity contribution in [3.8, 4) is 0 Å². The Balaban J connectivity index is 3.29. The molecular formula is C30H62O2. The minimum absolute atomic E-state index is 0.711. The maximum absolute atomic E-state index is 10.4. The summed E-state index contributed by atoms with van der Waals surface area (Å²) < 4.78 is 5.78. The maximum Gasteiger partial charge on any atom is 0.162 e. The first-order valence-electron chi connectivity index (χ1n) is 15.0. The Bertz CT molecular complexity index is 340. The monoisotopic (exact) mass is 454 g/mol. The molecule has 0 amide bonds. The van der Waals surface area contributed by atoms with E-state index in [2.05, 4.69) is 13.8 Å². The summed E-state index contributed by atoms with van der Waals surface area (Å²) in [5.74, 6) is -0.920. The molecule has 2 nitrogen and oxygen atoms in total. The summed E-state index contributed by atoms with van der Waals surface area (Å²) in [6.45, 7) is 7.13. The molecule has 1 N–H and O–H groups in total. The second-order valence-corrected chi connectivity index (χ2v) is 10.6. The lowest BCUT2D eigenvalue weighted by atomic mass is 10.0. The number of aliphatic hydroxyl groups is 1. The molecule has 32 heavy (non-hydrogen) atoms. The van der Waals surface area contributed by atoms with Gasteiger partial charge in [0.25, 0.3) is 0 Å². The van der Waals surface area contributed by atoms with Gasteiger partial charge in [-0.1, -0.05) is 155 Å². The standard InChI is InChI=1S/C30H62O2/c1-4-6-8-10-12-14-16-18-20-22-24-26-28-30(3,31)32-29-27-25-23-21-19-17-15-13-11-9-7-5-2/h31H,4-29H2,1-3H3. The van der Waals surface area contributed by atoms with Crippen LogP contribution in [-0.2, 0) is 4.74 Å². The van der Waals surface area contributed by atoms with Gasteiger partial charge in [-0.05, 0) is 19.8 Å². The van der Waals surface area contributed by atoms with Crippen LogP contribution in [-0.4, -0.2) is 17.5 Å². The van der Waals surface area contributed by atoms with Crippen molar-refractivity contribution in [2.75, 3.05) is 6.61 Å². The van der Waals surface area contributed by atoms with Gasteiger partial charge in [0, 0.05) is 13.0 Å². The molecule has 1 atom stereocenters. The Morgan fingerprint density at radius 2 is 0.719 bits per heavy atom. The zero-order chi connectivity index (χ0) is 23.6. The van der Waals surface area contributed by atoms with Crippen LogP contribution < -0.4 is 0 Å². The fourth-order valence-electron chi connectivity index (χ4n) is 4.60. The summed E-state index contributed by atoms with van der Waals surface area (Å²) in [5.41, 5.74) is 0.